The number of carboxylic acid groups (broad SMARTS) is 1. The molecule has 1 unspecified atom stereocenters. The van der Waals surface area contributed by atoms with E-state index in [0.717, 1.165) is 25.8 Å². The number of carboxylic acids is 1. The first-order valence-corrected chi connectivity index (χ1v) is 7.26. The van der Waals surface area contributed by atoms with Gasteiger partial charge >= 0.3 is 5.97 Å². The second-order valence-corrected chi connectivity index (χ2v) is 5.45. The minimum absolute atomic E-state index is 0.0395. The maximum atomic E-state index is 12.2. The van der Waals surface area contributed by atoms with Crippen LogP contribution in [-0.2, 0) is 4.79 Å². The van der Waals surface area contributed by atoms with E-state index in [1.54, 1.807) is 19.1 Å². The van der Waals surface area contributed by atoms with Gasteiger partial charge in [0.2, 0.25) is 0 Å². The van der Waals surface area contributed by atoms with E-state index in [9.17, 15) is 9.59 Å². The number of hydrogen-bond donors (Lipinski definition) is 1. The maximum Gasteiger partial charge on any atom is 0.336 e. The van der Waals surface area contributed by atoms with Crippen LogP contribution in [0.3, 0.4) is 0 Å². The number of piperidine rings is 1. The van der Waals surface area contributed by atoms with Crippen molar-refractivity contribution < 1.29 is 19.4 Å². The van der Waals surface area contributed by atoms with Crippen LogP contribution in [0, 0.1) is 6.92 Å². The zero-order valence-corrected chi connectivity index (χ0v) is 12.5. The van der Waals surface area contributed by atoms with Crippen LogP contribution >= 0.6 is 0 Å². The molecule has 1 saturated heterocycles. The van der Waals surface area contributed by atoms with E-state index in [1.165, 1.54) is 6.07 Å². The lowest BCUT2D eigenvalue weighted by molar-refractivity contribution is -0.136. The average molecular weight is 291 g/mol. The van der Waals surface area contributed by atoms with Crippen LogP contribution in [0.5, 0.6) is 5.75 Å². The first-order chi connectivity index (χ1) is 10.0. The number of benzene rings is 1. The molecule has 1 amide bonds. The lowest BCUT2D eigenvalue weighted by Crippen LogP contribution is -2.44. The van der Waals surface area contributed by atoms with Crippen molar-refractivity contribution in [2.24, 2.45) is 0 Å². The smallest absolute Gasteiger partial charge is 0.336 e. The van der Waals surface area contributed by atoms with E-state index in [-0.39, 0.29) is 24.1 Å². The first kappa shape index (κ1) is 15.4. The van der Waals surface area contributed by atoms with Crippen LogP contribution in [0.25, 0.3) is 0 Å². The monoisotopic (exact) mass is 291 g/mol. The Bertz CT molecular complexity index is 541. The Morgan fingerprint density at radius 3 is 2.81 bits per heavy atom. The Kier molecular flexibility index (Phi) is 4.83. The van der Waals surface area contributed by atoms with Crippen LogP contribution in [0.1, 0.15) is 42.1 Å². The van der Waals surface area contributed by atoms with Gasteiger partial charge in [0.1, 0.15) is 5.75 Å². The van der Waals surface area contributed by atoms with E-state index < -0.39 is 5.97 Å². The second-order valence-electron chi connectivity index (χ2n) is 5.45. The van der Waals surface area contributed by atoms with Crippen molar-refractivity contribution in [1.82, 2.24) is 4.90 Å². The number of nitrogens with zero attached hydrogens (tertiary/aromatic N) is 1. The van der Waals surface area contributed by atoms with E-state index in [0.29, 0.717) is 11.3 Å². The summed E-state index contributed by atoms with van der Waals surface area (Å²) in [5, 5.41) is 9.08. The number of amides is 1. The molecule has 114 valence electrons. The van der Waals surface area contributed by atoms with Gasteiger partial charge in [-0.1, -0.05) is 6.07 Å². The summed E-state index contributed by atoms with van der Waals surface area (Å²) in [5.41, 5.74) is 0.746. The molecule has 1 fully saturated rings. The number of likely N-dealkylation sites (tertiary alicyclic amines) is 1. The summed E-state index contributed by atoms with van der Waals surface area (Å²) in [5.74, 6) is -0.579. The summed E-state index contributed by atoms with van der Waals surface area (Å²) < 4.78 is 5.54. The van der Waals surface area contributed by atoms with Gasteiger partial charge in [-0.05, 0) is 45.2 Å². The van der Waals surface area contributed by atoms with Crippen molar-refractivity contribution in [3.05, 3.63) is 29.3 Å². The summed E-state index contributed by atoms with van der Waals surface area (Å²) in [7, 11) is 0. The number of carbonyl (C=O) groups excluding carboxylic acids is 1. The van der Waals surface area contributed by atoms with E-state index in [4.69, 9.17) is 9.84 Å². The highest BCUT2D eigenvalue weighted by atomic mass is 16.5. The number of aromatic carboxylic acids is 1. The van der Waals surface area contributed by atoms with E-state index >= 15 is 0 Å². The van der Waals surface area contributed by atoms with Gasteiger partial charge in [0.05, 0.1) is 5.56 Å². The molecule has 5 nitrogen and oxygen atoms in total. The maximum absolute atomic E-state index is 12.2. The fourth-order valence-electron chi connectivity index (χ4n) is 2.69. The highest BCUT2D eigenvalue weighted by Gasteiger charge is 2.23. The Labute approximate surface area is 124 Å². The van der Waals surface area contributed by atoms with Gasteiger partial charge in [-0.25, -0.2) is 4.79 Å². The fourth-order valence-corrected chi connectivity index (χ4v) is 2.69. The van der Waals surface area contributed by atoms with E-state index in [1.807, 2.05) is 11.8 Å². The fraction of sp³-hybridized carbons (Fsp3) is 0.500. The third kappa shape index (κ3) is 3.54. The molecule has 1 atom stereocenters. The highest BCUT2D eigenvalue weighted by molar-refractivity contribution is 5.90. The van der Waals surface area contributed by atoms with Gasteiger partial charge in [-0.2, -0.15) is 0 Å². The Hall–Kier alpha value is -2.04. The van der Waals surface area contributed by atoms with Crippen molar-refractivity contribution >= 4 is 11.9 Å². The van der Waals surface area contributed by atoms with Crippen LogP contribution in [-0.4, -0.2) is 41.1 Å². The standard InChI is InChI=1S/C16H21NO4/c1-11-6-3-4-9-17(11)15(18)10-21-14-8-5-7-13(12(14)2)16(19)20/h5,7-8,11H,3-4,6,9-10H2,1-2H3,(H,19,20). The zero-order chi connectivity index (χ0) is 15.4. The molecule has 5 heteroatoms. The average Bonchev–Trinajstić information content (AvgIpc) is 2.46. The molecule has 0 spiro atoms. The van der Waals surface area contributed by atoms with Gasteiger partial charge in [0, 0.05) is 18.2 Å². The summed E-state index contributed by atoms with van der Waals surface area (Å²) in [6, 6.07) is 5.09. The zero-order valence-electron chi connectivity index (χ0n) is 12.5. The van der Waals surface area contributed by atoms with E-state index in [2.05, 4.69) is 0 Å². The Morgan fingerprint density at radius 1 is 1.38 bits per heavy atom. The lowest BCUT2D eigenvalue weighted by Gasteiger charge is -2.33. The molecule has 0 radical (unpaired) electrons. The molecule has 0 bridgehead atoms. The van der Waals surface area contributed by atoms with Gasteiger partial charge in [-0.3, -0.25) is 4.79 Å². The van der Waals surface area contributed by atoms with Crippen LogP contribution in [0.15, 0.2) is 18.2 Å². The third-order valence-corrected chi connectivity index (χ3v) is 3.99. The molecule has 1 aromatic rings. The van der Waals surface area contributed by atoms with Gasteiger partial charge in [-0.15, -0.1) is 0 Å². The molecule has 1 aromatic carbocycles. The number of hydrogen-bond acceptors (Lipinski definition) is 3. The minimum atomic E-state index is -0.992. The summed E-state index contributed by atoms with van der Waals surface area (Å²) in [4.78, 5) is 25.1. The summed E-state index contributed by atoms with van der Waals surface area (Å²) in [6.07, 6.45) is 3.22. The second kappa shape index (κ2) is 6.61. The lowest BCUT2D eigenvalue weighted by atomic mass is 10.0. The predicted molar refractivity (Wildman–Crippen MR) is 78.7 cm³/mol. The quantitative estimate of drug-likeness (QED) is 0.925. The topological polar surface area (TPSA) is 66.8 Å². The summed E-state index contributed by atoms with van der Waals surface area (Å²) >= 11 is 0. The summed E-state index contributed by atoms with van der Waals surface area (Å²) in [6.45, 7) is 4.46. The van der Waals surface area contributed by atoms with Gasteiger partial charge in [0.15, 0.2) is 6.61 Å². The molecule has 1 aliphatic heterocycles. The molecule has 0 aliphatic carbocycles. The molecule has 0 aromatic heterocycles. The Balaban J connectivity index is 2.01. The van der Waals surface area contributed by atoms with Gasteiger partial charge < -0.3 is 14.7 Å². The van der Waals surface area contributed by atoms with Crippen molar-refractivity contribution in [2.45, 2.75) is 39.2 Å². The van der Waals surface area contributed by atoms with Crippen molar-refractivity contribution in [3.63, 3.8) is 0 Å². The first-order valence-electron chi connectivity index (χ1n) is 7.26. The van der Waals surface area contributed by atoms with Crippen LogP contribution in [0.2, 0.25) is 0 Å². The van der Waals surface area contributed by atoms with Crippen molar-refractivity contribution in [2.75, 3.05) is 13.2 Å². The molecular formula is C16H21NO4. The molecule has 2 rings (SSSR count). The molecule has 1 heterocycles. The van der Waals surface area contributed by atoms with Crippen molar-refractivity contribution in [1.29, 1.82) is 0 Å². The Morgan fingerprint density at radius 2 is 2.14 bits per heavy atom. The highest BCUT2D eigenvalue weighted by Crippen LogP contribution is 2.22. The molecule has 1 aliphatic rings. The molecule has 0 saturated carbocycles. The number of rotatable bonds is 4. The van der Waals surface area contributed by atoms with Crippen molar-refractivity contribution in [3.8, 4) is 5.75 Å². The van der Waals surface area contributed by atoms with Crippen LogP contribution in [0.4, 0.5) is 0 Å². The largest absolute Gasteiger partial charge is 0.483 e. The molecule has 21 heavy (non-hydrogen) atoms. The predicted octanol–water partition coefficient (Wildman–Crippen LogP) is 2.47. The molecule has 1 N–H and O–H groups in total. The molecular weight excluding hydrogens is 270 g/mol. The SMILES string of the molecule is Cc1c(OCC(=O)N2CCCCC2C)cccc1C(=O)O. The van der Waals surface area contributed by atoms with Gasteiger partial charge in [0.25, 0.3) is 5.91 Å². The third-order valence-electron chi connectivity index (χ3n) is 3.99. The number of carbonyl (C=O) groups is 2. The minimum Gasteiger partial charge on any atom is -0.483 e. The number of ether oxygens (including phenoxy) is 1. The van der Waals surface area contributed by atoms with Crippen LogP contribution < -0.4 is 4.74 Å². The normalized spacial score (nSPS) is 18.4.